The van der Waals surface area contributed by atoms with Gasteiger partial charge in [-0.25, -0.2) is 4.79 Å². The lowest BCUT2D eigenvalue weighted by atomic mass is 9.96. The number of nitriles is 1. The smallest absolute Gasteiger partial charge is 0.416 e. The molecular formula is C23H14Cl2F3N3O4. The van der Waals surface area contributed by atoms with Crippen LogP contribution in [0.15, 0.2) is 47.3 Å². The molecule has 0 spiro atoms. The van der Waals surface area contributed by atoms with E-state index in [2.05, 4.69) is 10.3 Å². The molecule has 12 heteroatoms. The van der Waals surface area contributed by atoms with Crippen LogP contribution < -0.4 is 10.9 Å². The van der Waals surface area contributed by atoms with Gasteiger partial charge in [-0.1, -0.05) is 35.4 Å². The molecule has 3 aromatic rings. The lowest BCUT2D eigenvalue weighted by Crippen LogP contribution is -2.20. The topological polar surface area (TPSA) is 126 Å². The number of carboxylic acid groups (broad SMARTS) is 1. The number of aromatic hydroxyl groups is 1. The average Bonchev–Trinajstić information content (AvgIpc) is 2.77. The summed E-state index contributed by atoms with van der Waals surface area (Å²) >= 11 is 12.3. The van der Waals surface area contributed by atoms with Crippen LogP contribution in [0.5, 0.6) is 5.75 Å². The van der Waals surface area contributed by atoms with E-state index in [1.54, 1.807) is 6.07 Å². The maximum absolute atomic E-state index is 13.3. The van der Waals surface area contributed by atoms with Crippen molar-refractivity contribution in [3.8, 4) is 34.2 Å². The number of carbonyl (C=O) groups is 1. The Balaban J connectivity index is 2.21. The van der Waals surface area contributed by atoms with E-state index in [0.29, 0.717) is 0 Å². The van der Waals surface area contributed by atoms with Gasteiger partial charge in [0.2, 0.25) is 0 Å². The number of nitrogens with one attached hydrogen (secondary N) is 2. The number of phenols is 1. The molecule has 0 fully saturated rings. The van der Waals surface area contributed by atoms with E-state index in [-0.39, 0.29) is 50.3 Å². The molecule has 0 radical (unpaired) electrons. The van der Waals surface area contributed by atoms with Crippen LogP contribution in [0.25, 0.3) is 28.5 Å². The third-order valence-electron chi connectivity index (χ3n) is 4.79. The summed E-state index contributed by atoms with van der Waals surface area (Å²) < 4.78 is 39.8. The fourth-order valence-electron chi connectivity index (χ4n) is 3.22. The van der Waals surface area contributed by atoms with Gasteiger partial charge in [0.15, 0.2) is 0 Å². The Morgan fingerprint density at radius 2 is 1.86 bits per heavy atom. The Morgan fingerprint density at radius 3 is 2.49 bits per heavy atom. The number of pyridine rings is 1. The van der Waals surface area contributed by atoms with Gasteiger partial charge in [-0.2, -0.15) is 18.4 Å². The second kappa shape index (κ2) is 10.1. The van der Waals surface area contributed by atoms with Gasteiger partial charge in [-0.05, 0) is 36.4 Å². The Labute approximate surface area is 205 Å². The molecule has 2 aromatic carbocycles. The Kier molecular flexibility index (Phi) is 7.43. The highest BCUT2D eigenvalue weighted by Crippen LogP contribution is 2.39. The number of rotatable bonds is 5. The second-order valence-electron chi connectivity index (χ2n) is 7.08. The zero-order valence-corrected chi connectivity index (χ0v) is 18.9. The summed E-state index contributed by atoms with van der Waals surface area (Å²) in [5.41, 5.74) is -2.67. The quantitative estimate of drug-likeness (QED) is 0.331. The normalized spacial score (nSPS) is 11.4. The standard InChI is InChI=1S/C23H14Cl2F3N3O4/c24-13-6-11(2-1-5-30-22(34)35)20(32)16(8-13)19-9-14(17(10-29)21(33)31-19)15-7-12(23(26,27)28)3-4-18(15)25/h1-4,6-9,30,32H,5H2,(H,31,33)(H,34,35)/b2-1+. The molecule has 1 heterocycles. The van der Waals surface area contributed by atoms with Crippen molar-refractivity contribution in [2.24, 2.45) is 0 Å². The van der Waals surface area contributed by atoms with E-state index >= 15 is 0 Å². The van der Waals surface area contributed by atoms with Crippen LogP contribution in [0, 0.1) is 11.3 Å². The molecule has 4 N–H and O–H groups in total. The minimum atomic E-state index is -4.70. The first-order valence-corrected chi connectivity index (χ1v) is 10.4. The first-order valence-electron chi connectivity index (χ1n) is 9.63. The number of aromatic amines is 1. The summed E-state index contributed by atoms with van der Waals surface area (Å²) in [4.78, 5) is 25.6. The summed E-state index contributed by atoms with van der Waals surface area (Å²) in [5, 5.41) is 31.0. The zero-order valence-electron chi connectivity index (χ0n) is 17.4. The van der Waals surface area contributed by atoms with Gasteiger partial charge in [0.05, 0.1) is 11.3 Å². The first kappa shape index (κ1) is 25.7. The molecule has 1 amide bonds. The van der Waals surface area contributed by atoms with Crippen molar-refractivity contribution in [1.29, 1.82) is 5.26 Å². The number of amides is 1. The van der Waals surface area contributed by atoms with Gasteiger partial charge in [0, 0.05) is 38.8 Å². The minimum Gasteiger partial charge on any atom is -0.507 e. The van der Waals surface area contributed by atoms with Crippen LogP contribution in [-0.4, -0.2) is 27.8 Å². The molecular weight excluding hydrogens is 510 g/mol. The van der Waals surface area contributed by atoms with E-state index in [4.69, 9.17) is 28.3 Å². The number of nitrogens with zero attached hydrogens (tertiary/aromatic N) is 1. The van der Waals surface area contributed by atoms with Crippen molar-refractivity contribution in [3.05, 3.63) is 79.6 Å². The Morgan fingerprint density at radius 1 is 1.14 bits per heavy atom. The molecule has 0 aliphatic carbocycles. The number of alkyl halides is 3. The largest absolute Gasteiger partial charge is 0.507 e. The molecule has 3 rings (SSSR count). The monoisotopic (exact) mass is 523 g/mol. The number of H-pyrrole nitrogens is 1. The van der Waals surface area contributed by atoms with Crippen LogP contribution in [0.1, 0.15) is 16.7 Å². The van der Waals surface area contributed by atoms with Crippen LogP contribution in [-0.2, 0) is 6.18 Å². The maximum atomic E-state index is 13.3. The molecule has 7 nitrogen and oxygen atoms in total. The SMILES string of the molecule is N#Cc1c(-c2cc(C(F)(F)F)ccc2Cl)cc(-c2cc(Cl)cc(/C=C/CNC(=O)O)c2O)[nH]c1=O. The van der Waals surface area contributed by atoms with Gasteiger partial charge in [-0.3, -0.25) is 4.79 Å². The highest BCUT2D eigenvalue weighted by atomic mass is 35.5. The number of benzene rings is 2. The van der Waals surface area contributed by atoms with Crippen LogP contribution in [0.3, 0.4) is 0 Å². The third kappa shape index (κ3) is 5.77. The fraction of sp³-hybridized carbons (Fsp3) is 0.0870. The third-order valence-corrected chi connectivity index (χ3v) is 5.34. The summed E-state index contributed by atoms with van der Waals surface area (Å²) in [6.45, 7) is -0.0670. The summed E-state index contributed by atoms with van der Waals surface area (Å²) in [6, 6.07) is 8.07. The van der Waals surface area contributed by atoms with Crippen LogP contribution >= 0.6 is 23.2 Å². The van der Waals surface area contributed by atoms with Gasteiger partial charge in [0.25, 0.3) is 5.56 Å². The van der Waals surface area contributed by atoms with E-state index in [1.807, 2.05) is 0 Å². The highest BCUT2D eigenvalue weighted by Gasteiger charge is 2.31. The molecule has 180 valence electrons. The number of halogens is 5. The lowest BCUT2D eigenvalue weighted by Gasteiger charge is -2.14. The number of hydrogen-bond donors (Lipinski definition) is 4. The number of phenolic OH excluding ortho intramolecular Hbond substituents is 1. The fourth-order valence-corrected chi connectivity index (χ4v) is 3.67. The molecule has 0 bridgehead atoms. The van der Waals surface area contributed by atoms with Crippen molar-refractivity contribution in [3.63, 3.8) is 0 Å². The molecule has 0 atom stereocenters. The molecule has 0 aliphatic rings. The summed E-state index contributed by atoms with van der Waals surface area (Å²) in [7, 11) is 0. The van der Waals surface area contributed by atoms with Crippen molar-refractivity contribution >= 4 is 35.4 Å². The second-order valence-corrected chi connectivity index (χ2v) is 7.93. The molecule has 1 aromatic heterocycles. The van der Waals surface area contributed by atoms with Crippen molar-refractivity contribution in [1.82, 2.24) is 10.3 Å². The molecule has 35 heavy (non-hydrogen) atoms. The van der Waals surface area contributed by atoms with Crippen LogP contribution in [0.2, 0.25) is 10.0 Å². The van der Waals surface area contributed by atoms with Crippen molar-refractivity contribution in [2.45, 2.75) is 6.18 Å². The Bertz CT molecular complexity index is 1440. The summed E-state index contributed by atoms with van der Waals surface area (Å²) in [5.74, 6) is -0.359. The number of hydrogen-bond acceptors (Lipinski definition) is 4. The molecule has 0 aliphatic heterocycles. The first-order chi connectivity index (χ1) is 16.4. The maximum Gasteiger partial charge on any atom is 0.416 e. The summed E-state index contributed by atoms with van der Waals surface area (Å²) in [6.07, 6.45) is -3.16. The van der Waals surface area contributed by atoms with Crippen molar-refractivity contribution < 1.29 is 28.2 Å². The predicted octanol–water partition coefficient (Wildman–Crippen LogP) is 5.89. The minimum absolute atomic E-state index is 0.00859. The molecule has 0 saturated carbocycles. The highest BCUT2D eigenvalue weighted by molar-refractivity contribution is 6.33. The average molecular weight is 524 g/mol. The van der Waals surface area contributed by atoms with Gasteiger partial charge in [-0.15, -0.1) is 0 Å². The molecule has 0 saturated heterocycles. The van der Waals surface area contributed by atoms with Gasteiger partial charge >= 0.3 is 12.3 Å². The van der Waals surface area contributed by atoms with Gasteiger partial charge < -0.3 is 20.5 Å². The van der Waals surface area contributed by atoms with Gasteiger partial charge in [0.1, 0.15) is 17.4 Å². The van der Waals surface area contributed by atoms with E-state index < -0.39 is 29.0 Å². The Hall–Kier alpha value is -3.94. The molecule has 0 unspecified atom stereocenters. The predicted molar refractivity (Wildman–Crippen MR) is 124 cm³/mol. The van der Waals surface area contributed by atoms with Crippen molar-refractivity contribution in [2.75, 3.05) is 6.54 Å². The number of aromatic nitrogens is 1. The lowest BCUT2D eigenvalue weighted by molar-refractivity contribution is -0.137. The van der Waals surface area contributed by atoms with Crippen LogP contribution in [0.4, 0.5) is 18.0 Å². The zero-order chi connectivity index (χ0) is 25.9. The van der Waals surface area contributed by atoms with E-state index in [0.717, 1.165) is 18.2 Å². The van der Waals surface area contributed by atoms with E-state index in [9.17, 15) is 33.1 Å². The van der Waals surface area contributed by atoms with E-state index in [1.165, 1.54) is 30.4 Å².